The first-order valence-corrected chi connectivity index (χ1v) is 7.47. The third-order valence-corrected chi connectivity index (χ3v) is 3.73. The number of rotatable bonds is 9. The maximum Gasteiger partial charge on any atom is 0.184 e. The van der Waals surface area contributed by atoms with Gasteiger partial charge in [-0.25, -0.2) is 0 Å². The van der Waals surface area contributed by atoms with E-state index in [1.54, 1.807) is 6.07 Å². The molecule has 1 aromatic heterocycles. The Morgan fingerprint density at radius 1 is 1.40 bits per heavy atom. The van der Waals surface area contributed by atoms with Crippen LogP contribution in [0.2, 0.25) is 0 Å². The van der Waals surface area contributed by atoms with Gasteiger partial charge in [-0.2, -0.15) is 0 Å². The molecular weight excluding hydrogens is 258 g/mol. The van der Waals surface area contributed by atoms with Crippen molar-refractivity contribution < 1.29 is 19.2 Å². The standard InChI is InChI=1S/C15H23NO4/c17-8-3-1-2-4-13-10-14(16-20-13)15(18)6-5-12-7-9-19-11-12/h10,12,17H,1-9,11H2. The van der Waals surface area contributed by atoms with Crippen LogP contribution in [-0.4, -0.2) is 35.9 Å². The number of carbonyl (C=O) groups is 1. The summed E-state index contributed by atoms with van der Waals surface area (Å²) in [5.74, 6) is 1.33. The van der Waals surface area contributed by atoms with Gasteiger partial charge in [0.25, 0.3) is 0 Å². The van der Waals surface area contributed by atoms with Crippen molar-refractivity contribution in [3.05, 3.63) is 17.5 Å². The molecule has 20 heavy (non-hydrogen) atoms. The predicted molar refractivity (Wildman–Crippen MR) is 73.6 cm³/mol. The van der Waals surface area contributed by atoms with Gasteiger partial charge in [0.15, 0.2) is 5.78 Å². The summed E-state index contributed by atoms with van der Waals surface area (Å²) in [6.07, 6.45) is 5.94. The molecule has 0 bridgehead atoms. The third kappa shape index (κ3) is 4.72. The summed E-state index contributed by atoms with van der Waals surface area (Å²) in [6, 6.07) is 1.76. The molecule has 5 heteroatoms. The molecule has 1 N–H and O–H groups in total. The van der Waals surface area contributed by atoms with Crippen molar-refractivity contribution in [2.75, 3.05) is 19.8 Å². The van der Waals surface area contributed by atoms with Gasteiger partial charge in [0.05, 0.1) is 0 Å². The van der Waals surface area contributed by atoms with Crippen LogP contribution >= 0.6 is 0 Å². The molecule has 2 heterocycles. The van der Waals surface area contributed by atoms with Gasteiger partial charge < -0.3 is 14.4 Å². The minimum Gasteiger partial charge on any atom is -0.396 e. The van der Waals surface area contributed by atoms with Crippen molar-refractivity contribution in [1.82, 2.24) is 5.16 Å². The fraction of sp³-hybridized carbons (Fsp3) is 0.733. The van der Waals surface area contributed by atoms with Crippen LogP contribution in [-0.2, 0) is 11.2 Å². The van der Waals surface area contributed by atoms with Crippen molar-refractivity contribution in [3.63, 3.8) is 0 Å². The van der Waals surface area contributed by atoms with Gasteiger partial charge in [0.2, 0.25) is 0 Å². The zero-order valence-electron chi connectivity index (χ0n) is 11.8. The second-order valence-corrected chi connectivity index (χ2v) is 5.40. The van der Waals surface area contributed by atoms with E-state index in [-0.39, 0.29) is 12.4 Å². The average molecular weight is 281 g/mol. The quantitative estimate of drug-likeness (QED) is 0.556. The summed E-state index contributed by atoms with van der Waals surface area (Å²) in [5, 5.41) is 12.6. The lowest BCUT2D eigenvalue weighted by molar-refractivity contribution is 0.0962. The number of aromatic nitrogens is 1. The van der Waals surface area contributed by atoms with Crippen LogP contribution in [0.3, 0.4) is 0 Å². The highest BCUT2D eigenvalue weighted by atomic mass is 16.5. The number of hydrogen-bond acceptors (Lipinski definition) is 5. The summed E-state index contributed by atoms with van der Waals surface area (Å²) in [6.45, 7) is 1.83. The number of ketones is 1. The molecule has 0 amide bonds. The van der Waals surface area contributed by atoms with Gasteiger partial charge in [-0.1, -0.05) is 11.6 Å². The number of aliphatic hydroxyl groups is 1. The molecule has 1 aliphatic rings. The van der Waals surface area contributed by atoms with E-state index in [1.807, 2.05) is 0 Å². The summed E-state index contributed by atoms with van der Waals surface area (Å²) in [4.78, 5) is 12.0. The Kier molecular flexibility index (Phi) is 6.21. The Hall–Kier alpha value is -1.20. The summed E-state index contributed by atoms with van der Waals surface area (Å²) < 4.78 is 10.5. The number of ether oxygens (including phenoxy) is 1. The number of nitrogens with zero attached hydrogens (tertiary/aromatic N) is 1. The zero-order valence-corrected chi connectivity index (χ0v) is 11.8. The topological polar surface area (TPSA) is 72.6 Å². The molecule has 1 saturated heterocycles. The molecular formula is C15H23NO4. The summed E-state index contributed by atoms with van der Waals surface area (Å²) >= 11 is 0. The van der Waals surface area contributed by atoms with Gasteiger partial charge in [0.1, 0.15) is 11.5 Å². The number of Topliss-reactive ketones (excluding diaryl/α,β-unsaturated/α-hetero) is 1. The highest BCUT2D eigenvalue weighted by Gasteiger charge is 2.19. The minimum absolute atomic E-state index is 0.0576. The Morgan fingerprint density at radius 3 is 3.05 bits per heavy atom. The fourth-order valence-electron chi connectivity index (χ4n) is 2.42. The Bertz CT molecular complexity index is 410. The number of hydrogen-bond donors (Lipinski definition) is 1. The molecule has 1 fully saturated rings. The molecule has 1 atom stereocenters. The van der Waals surface area contributed by atoms with Crippen molar-refractivity contribution in [2.24, 2.45) is 5.92 Å². The van der Waals surface area contributed by atoms with Crippen LogP contribution in [0.4, 0.5) is 0 Å². The maximum absolute atomic E-state index is 12.0. The van der Waals surface area contributed by atoms with Gasteiger partial charge in [-0.05, 0) is 31.6 Å². The molecule has 1 aliphatic heterocycles. The van der Waals surface area contributed by atoms with Crippen LogP contribution in [0.5, 0.6) is 0 Å². The first-order chi connectivity index (χ1) is 9.79. The van der Waals surface area contributed by atoms with E-state index in [2.05, 4.69) is 5.16 Å². The molecule has 5 nitrogen and oxygen atoms in total. The van der Waals surface area contributed by atoms with E-state index in [0.29, 0.717) is 18.0 Å². The molecule has 0 aliphatic carbocycles. The van der Waals surface area contributed by atoms with Crippen molar-refractivity contribution >= 4 is 5.78 Å². The van der Waals surface area contributed by atoms with Crippen molar-refractivity contribution in [3.8, 4) is 0 Å². The second kappa shape index (κ2) is 8.17. The van der Waals surface area contributed by atoms with Crippen LogP contribution < -0.4 is 0 Å². The second-order valence-electron chi connectivity index (χ2n) is 5.40. The molecule has 0 spiro atoms. The van der Waals surface area contributed by atoms with Gasteiger partial charge in [-0.3, -0.25) is 4.79 Å². The molecule has 1 aromatic rings. The Morgan fingerprint density at radius 2 is 2.30 bits per heavy atom. The smallest absolute Gasteiger partial charge is 0.184 e. The van der Waals surface area contributed by atoms with Crippen LogP contribution in [0.15, 0.2) is 10.6 Å². The lowest BCUT2D eigenvalue weighted by atomic mass is 10.00. The largest absolute Gasteiger partial charge is 0.396 e. The first-order valence-electron chi connectivity index (χ1n) is 7.47. The van der Waals surface area contributed by atoms with Crippen LogP contribution in [0.25, 0.3) is 0 Å². The van der Waals surface area contributed by atoms with E-state index < -0.39 is 0 Å². The summed E-state index contributed by atoms with van der Waals surface area (Å²) in [5.41, 5.74) is 0.445. The summed E-state index contributed by atoms with van der Waals surface area (Å²) in [7, 11) is 0. The molecule has 112 valence electrons. The normalized spacial score (nSPS) is 18.6. The van der Waals surface area contributed by atoms with E-state index in [9.17, 15) is 4.79 Å². The highest BCUT2D eigenvalue weighted by Crippen LogP contribution is 2.19. The van der Waals surface area contributed by atoms with E-state index in [0.717, 1.165) is 57.5 Å². The molecule has 2 rings (SSSR count). The van der Waals surface area contributed by atoms with Gasteiger partial charge >= 0.3 is 0 Å². The number of aliphatic hydroxyl groups excluding tert-OH is 1. The Labute approximate surface area is 119 Å². The maximum atomic E-state index is 12.0. The van der Waals surface area contributed by atoms with E-state index in [4.69, 9.17) is 14.4 Å². The number of aryl methyl sites for hydroxylation is 1. The fourth-order valence-corrected chi connectivity index (χ4v) is 2.42. The van der Waals surface area contributed by atoms with Gasteiger partial charge in [0, 0.05) is 38.7 Å². The predicted octanol–water partition coefficient (Wildman–Crippen LogP) is 2.38. The van der Waals surface area contributed by atoms with Crippen molar-refractivity contribution in [2.45, 2.75) is 44.9 Å². The number of carbonyl (C=O) groups excluding carboxylic acids is 1. The van der Waals surface area contributed by atoms with Crippen LogP contribution in [0, 0.1) is 5.92 Å². The Balaban J connectivity index is 1.71. The third-order valence-electron chi connectivity index (χ3n) is 3.73. The molecule has 0 saturated carbocycles. The lowest BCUT2D eigenvalue weighted by Crippen LogP contribution is -2.05. The molecule has 0 aromatic carbocycles. The van der Waals surface area contributed by atoms with Gasteiger partial charge in [-0.15, -0.1) is 0 Å². The van der Waals surface area contributed by atoms with E-state index in [1.165, 1.54) is 0 Å². The molecule has 0 radical (unpaired) electrons. The zero-order chi connectivity index (χ0) is 14.2. The van der Waals surface area contributed by atoms with E-state index >= 15 is 0 Å². The number of unbranched alkanes of at least 4 members (excludes halogenated alkanes) is 2. The highest BCUT2D eigenvalue weighted by molar-refractivity contribution is 5.94. The lowest BCUT2D eigenvalue weighted by Gasteiger charge is -2.04. The van der Waals surface area contributed by atoms with Crippen molar-refractivity contribution in [1.29, 1.82) is 0 Å². The SMILES string of the molecule is O=C(CCC1CCOC1)c1cc(CCCCCO)on1. The minimum atomic E-state index is 0.0576. The molecule has 1 unspecified atom stereocenters. The average Bonchev–Trinajstić information content (AvgIpc) is 3.12. The van der Waals surface area contributed by atoms with Crippen LogP contribution in [0.1, 0.15) is 54.8 Å². The first kappa shape index (κ1) is 15.2. The monoisotopic (exact) mass is 281 g/mol.